The molecule has 12 nitrogen and oxygen atoms in total. The standard InChI is InChI=1S/C40H70O12/c1-11-15-18-35(13-3)27-43-22-24-45-29(5)47-31(7)49-33(9)51-39(41)37-20-17-21-38(26-37)40(42)52-34(10)50-32(8)48-30(6)46-25-23-44-28-36(14-4)19-16-12-2/h17,20-21,26,29-36H,11-16,18-19,22-25,27-28H2,1-10H3. The summed E-state index contributed by atoms with van der Waals surface area (Å²) in [6.07, 6.45) is 5.00. The van der Waals surface area contributed by atoms with Crippen LogP contribution in [0.15, 0.2) is 24.3 Å². The Morgan fingerprint density at radius 2 is 0.923 bits per heavy atom. The van der Waals surface area contributed by atoms with Crippen LogP contribution in [-0.2, 0) is 47.4 Å². The van der Waals surface area contributed by atoms with Crippen molar-refractivity contribution >= 4 is 11.9 Å². The fourth-order valence-electron chi connectivity index (χ4n) is 5.33. The van der Waals surface area contributed by atoms with Crippen molar-refractivity contribution in [2.45, 2.75) is 158 Å². The topological polar surface area (TPSA) is 126 Å². The van der Waals surface area contributed by atoms with Gasteiger partial charge in [-0.05, 0) is 84.4 Å². The molecule has 8 atom stereocenters. The Bertz CT molecular complexity index is 978. The minimum Gasteiger partial charge on any atom is -0.432 e. The molecule has 1 rings (SSSR count). The van der Waals surface area contributed by atoms with Gasteiger partial charge in [0.1, 0.15) is 0 Å². The van der Waals surface area contributed by atoms with Crippen molar-refractivity contribution in [3.63, 3.8) is 0 Å². The van der Waals surface area contributed by atoms with Gasteiger partial charge in [0, 0.05) is 13.2 Å². The highest BCUT2D eigenvalue weighted by Gasteiger charge is 2.21. The molecule has 0 aliphatic heterocycles. The quantitative estimate of drug-likeness (QED) is 0.0398. The lowest BCUT2D eigenvalue weighted by atomic mass is 10.0. The predicted molar refractivity (Wildman–Crippen MR) is 199 cm³/mol. The van der Waals surface area contributed by atoms with Gasteiger partial charge in [0.2, 0.25) is 12.6 Å². The summed E-state index contributed by atoms with van der Waals surface area (Å²) in [6, 6.07) is 6.02. The molecule has 12 heteroatoms. The SMILES string of the molecule is CCCCC(CC)COCCOC(C)OC(C)OC(C)OC(=O)c1cccc(C(=O)OC(C)OC(C)OC(C)OCCOCC(CC)CCCC)c1. The molecule has 0 aliphatic rings. The van der Waals surface area contributed by atoms with Crippen LogP contribution < -0.4 is 0 Å². The maximum atomic E-state index is 12.8. The first-order chi connectivity index (χ1) is 24.9. The van der Waals surface area contributed by atoms with Gasteiger partial charge in [-0.3, -0.25) is 0 Å². The zero-order valence-corrected chi connectivity index (χ0v) is 33.7. The van der Waals surface area contributed by atoms with Crippen molar-refractivity contribution in [2.24, 2.45) is 11.8 Å². The smallest absolute Gasteiger partial charge is 0.340 e. The number of esters is 2. The van der Waals surface area contributed by atoms with Gasteiger partial charge in [-0.2, -0.15) is 0 Å². The molecule has 0 saturated carbocycles. The normalized spacial score (nSPS) is 16.3. The summed E-state index contributed by atoms with van der Waals surface area (Å²) in [5, 5.41) is 0. The lowest BCUT2D eigenvalue weighted by Gasteiger charge is -2.23. The molecule has 0 spiro atoms. The fraction of sp³-hybridized carbons (Fsp3) is 0.800. The fourth-order valence-corrected chi connectivity index (χ4v) is 5.33. The molecule has 0 fully saturated rings. The number of carbonyl (C=O) groups excluding carboxylic acids is 2. The number of unbranched alkanes of at least 4 members (excludes halogenated alkanes) is 2. The minimum atomic E-state index is -0.930. The lowest BCUT2D eigenvalue weighted by molar-refractivity contribution is -0.271. The van der Waals surface area contributed by atoms with Crippen LogP contribution in [0, 0.1) is 11.8 Å². The van der Waals surface area contributed by atoms with E-state index in [2.05, 4.69) is 27.7 Å². The molecule has 0 amide bonds. The molecule has 0 radical (unpaired) electrons. The third-order valence-corrected chi connectivity index (χ3v) is 8.37. The summed E-state index contributed by atoms with van der Waals surface area (Å²) in [5.74, 6) is -0.198. The minimum absolute atomic E-state index is 0.154. The van der Waals surface area contributed by atoms with Crippen molar-refractivity contribution in [1.29, 1.82) is 0 Å². The van der Waals surface area contributed by atoms with E-state index in [0.717, 1.165) is 26.1 Å². The van der Waals surface area contributed by atoms with Crippen molar-refractivity contribution < 1.29 is 57.0 Å². The van der Waals surface area contributed by atoms with Crippen LogP contribution in [0.1, 0.15) is 141 Å². The van der Waals surface area contributed by atoms with Gasteiger partial charge in [-0.25, -0.2) is 9.59 Å². The molecule has 0 aliphatic carbocycles. The summed E-state index contributed by atoms with van der Waals surface area (Å²) < 4.78 is 56.5. The van der Waals surface area contributed by atoms with Gasteiger partial charge in [0.15, 0.2) is 25.2 Å². The van der Waals surface area contributed by atoms with E-state index in [9.17, 15) is 9.59 Å². The summed E-state index contributed by atoms with van der Waals surface area (Å²) >= 11 is 0. The van der Waals surface area contributed by atoms with Gasteiger partial charge in [-0.15, -0.1) is 0 Å². The second-order valence-electron chi connectivity index (χ2n) is 13.1. The molecule has 1 aromatic carbocycles. The van der Waals surface area contributed by atoms with E-state index in [4.69, 9.17) is 47.4 Å². The number of rotatable bonds is 32. The Labute approximate surface area is 313 Å². The number of hydrogen-bond donors (Lipinski definition) is 0. The Balaban J connectivity index is 2.38. The average molecular weight is 743 g/mol. The maximum absolute atomic E-state index is 12.8. The molecule has 0 heterocycles. The van der Waals surface area contributed by atoms with E-state index >= 15 is 0 Å². The van der Waals surface area contributed by atoms with E-state index in [-0.39, 0.29) is 11.1 Å². The molecule has 52 heavy (non-hydrogen) atoms. The monoisotopic (exact) mass is 742 g/mol. The first kappa shape index (κ1) is 47.9. The Morgan fingerprint density at radius 1 is 0.538 bits per heavy atom. The van der Waals surface area contributed by atoms with E-state index in [0.29, 0.717) is 38.3 Å². The molecule has 0 aromatic heterocycles. The highest BCUT2D eigenvalue weighted by Crippen LogP contribution is 2.16. The zero-order valence-electron chi connectivity index (χ0n) is 33.7. The van der Waals surface area contributed by atoms with Crippen LogP contribution in [0.2, 0.25) is 0 Å². The molecule has 1 aromatic rings. The van der Waals surface area contributed by atoms with Gasteiger partial charge >= 0.3 is 11.9 Å². The number of hydrogen-bond acceptors (Lipinski definition) is 12. The van der Waals surface area contributed by atoms with Crippen LogP contribution >= 0.6 is 0 Å². The van der Waals surface area contributed by atoms with Gasteiger partial charge in [-0.1, -0.05) is 72.3 Å². The van der Waals surface area contributed by atoms with Crippen LogP contribution in [0.25, 0.3) is 0 Å². The summed E-state index contributed by atoms with van der Waals surface area (Å²) in [4.78, 5) is 25.7. The van der Waals surface area contributed by atoms with Gasteiger partial charge in [0.25, 0.3) is 0 Å². The van der Waals surface area contributed by atoms with E-state index in [1.54, 1.807) is 47.6 Å². The van der Waals surface area contributed by atoms with Crippen molar-refractivity contribution in [3.05, 3.63) is 35.4 Å². The van der Waals surface area contributed by atoms with E-state index in [1.165, 1.54) is 56.7 Å². The zero-order chi connectivity index (χ0) is 38.7. The number of carbonyl (C=O) groups is 2. The molecule has 302 valence electrons. The van der Waals surface area contributed by atoms with Gasteiger partial charge in [0.05, 0.1) is 37.6 Å². The third-order valence-electron chi connectivity index (χ3n) is 8.37. The maximum Gasteiger partial charge on any atom is 0.340 e. The second-order valence-corrected chi connectivity index (χ2v) is 13.1. The first-order valence-corrected chi connectivity index (χ1v) is 19.4. The Hall–Kier alpha value is -2.16. The summed E-state index contributed by atoms with van der Waals surface area (Å²) in [6.45, 7) is 22.0. The second kappa shape index (κ2) is 29.2. The molecule has 8 unspecified atom stereocenters. The number of benzene rings is 1. The lowest BCUT2D eigenvalue weighted by Crippen LogP contribution is -2.29. The Morgan fingerprint density at radius 3 is 1.29 bits per heavy atom. The van der Waals surface area contributed by atoms with Crippen molar-refractivity contribution in [2.75, 3.05) is 39.6 Å². The van der Waals surface area contributed by atoms with E-state index in [1.807, 2.05) is 0 Å². The number of ether oxygens (including phenoxy) is 10. The third kappa shape index (κ3) is 22.8. The first-order valence-electron chi connectivity index (χ1n) is 19.4. The Kier molecular flexibility index (Phi) is 26.9. The highest BCUT2D eigenvalue weighted by molar-refractivity contribution is 5.95. The largest absolute Gasteiger partial charge is 0.432 e. The van der Waals surface area contributed by atoms with Gasteiger partial charge < -0.3 is 47.4 Å². The molecule has 0 bridgehead atoms. The molecule has 0 N–H and O–H groups in total. The van der Waals surface area contributed by atoms with Crippen molar-refractivity contribution in [3.8, 4) is 0 Å². The van der Waals surface area contributed by atoms with Crippen LogP contribution in [-0.4, -0.2) is 89.3 Å². The summed E-state index contributed by atoms with van der Waals surface area (Å²) in [5.41, 5.74) is 0.308. The molecule has 0 saturated heterocycles. The van der Waals surface area contributed by atoms with Crippen LogP contribution in [0.5, 0.6) is 0 Å². The average Bonchev–Trinajstić information content (AvgIpc) is 3.10. The predicted octanol–water partition coefficient (Wildman–Crippen LogP) is 8.64. The summed E-state index contributed by atoms with van der Waals surface area (Å²) in [7, 11) is 0. The van der Waals surface area contributed by atoms with E-state index < -0.39 is 49.7 Å². The van der Waals surface area contributed by atoms with Crippen LogP contribution in [0.4, 0.5) is 0 Å². The highest BCUT2D eigenvalue weighted by atomic mass is 16.8. The van der Waals surface area contributed by atoms with Crippen molar-refractivity contribution in [1.82, 2.24) is 0 Å². The molecular formula is C40H70O12. The molecular weight excluding hydrogens is 672 g/mol. The van der Waals surface area contributed by atoms with Crippen LogP contribution in [0.3, 0.4) is 0 Å².